The van der Waals surface area contributed by atoms with E-state index in [-0.39, 0.29) is 11.8 Å². The standard InChI is InChI=1S/C21H27N5O3S/c1-17-15-20(23-16-22-17)24-9-7-18(8-10-24)21(27)25-11-13-26(14-12-25)30(28,29)19-5-3-2-4-6-19/h2-6,15-16,18H,7-14H2,1H3. The van der Waals surface area contributed by atoms with Gasteiger partial charge in [-0.1, -0.05) is 18.2 Å². The fraction of sp³-hybridized carbons (Fsp3) is 0.476. The lowest BCUT2D eigenvalue weighted by Crippen LogP contribution is -2.52. The molecule has 2 aliphatic heterocycles. The number of amides is 1. The third-order valence-corrected chi connectivity index (χ3v) is 7.80. The molecule has 0 unspecified atom stereocenters. The van der Waals surface area contributed by atoms with Gasteiger partial charge >= 0.3 is 0 Å². The number of anilines is 1. The van der Waals surface area contributed by atoms with Crippen molar-refractivity contribution in [3.63, 3.8) is 0 Å². The summed E-state index contributed by atoms with van der Waals surface area (Å²) >= 11 is 0. The van der Waals surface area contributed by atoms with Crippen LogP contribution in [0.5, 0.6) is 0 Å². The fourth-order valence-corrected chi connectivity index (χ4v) is 5.56. The van der Waals surface area contributed by atoms with Gasteiger partial charge in [-0.3, -0.25) is 4.79 Å². The number of hydrogen-bond acceptors (Lipinski definition) is 6. The van der Waals surface area contributed by atoms with Gasteiger partial charge in [-0.05, 0) is 31.9 Å². The lowest BCUT2D eigenvalue weighted by Gasteiger charge is -2.38. The second kappa shape index (κ2) is 8.69. The summed E-state index contributed by atoms with van der Waals surface area (Å²) in [5.41, 5.74) is 0.932. The van der Waals surface area contributed by atoms with Crippen molar-refractivity contribution in [2.24, 2.45) is 5.92 Å². The zero-order valence-electron chi connectivity index (χ0n) is 17.1. The van der Waals surface area contributed by atoms with Crippen molar-refractivity contribution >= 4 is 21.7 Å². The van der Waals surface area contributed by atoms with E-state index in [1.807, 2.05) is 17.9 Å². The molecule has 2 aliphatic rings. The third-order valence-electron chi connectivity index (χ3n) is 5.89. The minimum Gasteiger partial charge on any atom is -0.356 e. The summed E-state index contributed by atoms with van der Waals surface area (Å²) in [6.45, 7) is 5.07. The minimum atomic E-state index is -3.50. The summed E-state index contributed by atoms with van der Waals surface area (Å²) in [5, 5.41) is 0. The number of rotatable bonds is 4. The van der Waals surface area contributed by atoms with Gasteiger partial charge in [0.25, 0.3) is 0 Å². The molecule has 0 N–H and O–H groups in total. The monoisotopic (exact) mass is 429 g/mol. The van der Waals surface area contributed by atoms with Gasteiger partial charge in [0, 0.05) is 56.9 Å². The van der Waals surface area contributed by atoms with Crippen molar-refractivity contribution in [3.8, 4) is 0 Å². The molecule has 1 aromatic heterocycles. The van der Waals surface area contributed by atoms with Crippen molar-refractivity contribution in [1.29, 1.82) is 0 Å². The Morgan fingerprint density at radius 1 is 0.967 bits per heavy atom. The van der Waals surface area contributed by atoms with Crippen LogP contribution in [0.2, 0.25) is 0 Å². The van der Waals surface area contributed by atoms with Gasteiger partial charge in [-0.15, -0.1) is 0 Å². The number of sulfonamides is 1. The van der Waals surface area contributed by atoms with Crippen molar-refractivity contribution in [3.05, 3.63) is 48.4 Å². The third kappa shape index (κ3) is 4.32. The van der Waals surface area contributed by atoms with Crippen molar-refractivity contribution in [1.82, 2.24) is 19.2 Å². The molecule has 0 saturated carbocycles. The molecule has 30 heavy (non-hydrogen) atoms. The molecule has 8 nitrogen and oxygen atoms in total. The van der Waals surface area contributed by atoms with Crippen molar-refractivity contribution in [2.75, 3.05) is 44.2 Å². The number of piperazine rings is 1. The maximum atomic E-state index is 13.0. The highest BCUT2D eigenvalue weighted by Gasteiger charge is 2.34. The lowest BCUT2D eigenvalue weighted by molar-refractivity contribution is -0.137. The lowest BCUT2D eigenvalue weighted by atomic mass is 9.95. The highest BCUT2D eigenvalue weighted by atomic mass is 32.2. The summed E-state index contributed by atoms with van der Waals surface area (Å²) in [7, 11) is -3.50. The van der Waals surface area contributed by atoms with Crippen LogP contribution in [0.1, 0.15) is 18.5 Å². The Balaban J connectivity index is 1.31. The topological polar surface area (TPSA) is 86.7 Å². The molecule has 4 rings (SSSR count). The molecule has 2 fully saturated rings. The van der Waals surface area contributed by atoms with Gasteiger partial charge in [0.15, 0.2) is 0 Å². The zero-order valence-corrected chi connectivity index (χ0v) is 18.0. The summed E-state index contributed by atoms with van der Waals surface area (Å²) in [5.74, 6) is 1.04. The van der Waals surface area contributed by atoms with Crippen molar-refractivity contribution < 1.29 is 13.2 Å². The number of piperidine rings is 1. The van der Waals surface area contributed by atoms with Crippen LogP contribution in [-0.2, 0) is 14.8 Å². The van der Waals surface area contributed by atoms with Crippen LogP contribution in [0.15, 0.2) is 47.6 Å². The summed E-state index contributed by atoms with van der Waals surface area (Å²) in [4.78, 5) is 25.8. The van der Waals surface area contributed by atoms with E-state index in [1.165, 1.54) is 4.31 Å². The average molecular weight is 430 g/mol. The van der Waals surface area contributed by atoms with Crippen LogP contribution < -0.4 is 4.90 Å². The molecule has 0 spiro atoms. The Bertz CT molecular complexity index is 983. The first-order chi connectivity index (χ1) is 14.4. The molecular formula is C21H27N5O3S. The molecule has 1 aromatic carbocycles. The fourth-order valence-electron chi connectivity index (χ4n) is 4.12. The quantitative estimate of drug-likeness (QED) is 0.733. The Morgan fingerprint density at radius 3 is 2.27 bits per heavy atom. The van der Waals surface area contributed by atoms with Crippen LogP contribution in [0.25, 0.3) is 0 Å². The predicted molar refractivity (Wildman–Crippen MR) is 113 cm³/mol. The Labute approximate surface area is 177 Å². The number of nitrogens with zero attached hydrogens (tertiary/aromatic N) is 5. The Kier molecular flexibility index (Phi) is 6.01. The smallest absolute Gasteiger partial charge is 0.243 e. The van der Waals surface area contributed by atoms with E-state index in [9.17, 15) is 13.2 Å². The minimum absolute atomic E-state index is 0.0125. The van der Waals surface area contributed by atoms with Gasteiger partial charge in [0.05, 0.1) is 4.90 Å². The van der Waals surface area contributed by atoms with Crippen LogP contribution in [0.3, 0.4) is 0 Å². The summed E-state index contributed by atoms with van der Waals surface area (Å²) in [6.07, 6.45) is 3.14. The molecule has 0 radical (unpaired) electrons. The molecular weight excluding hydrogens is 402 g/mol. The second-order valence-corrected chi connectivity index (χ2v) is 9.76. The molecule has 2 aromatic rings. The molecule has 1 amide bonds. The summed E-state index contributed by atoms with van der Waals surface area (Å²) < 4.78 is 27.0. The number of carbonyl (C=O) groups is 1. The number of benzene rings is 1. The van der Waals surface area contributed by atoms with E-state index in [0.717, 1.165) is 37.4 Å². The maximum Gasteiger partial charge on any atom is 0.243 e. The first-order valence-electron chi connectivity index (χ1n) is 10.3. The number of aryl methyl sites for hydroxylation is 1. The molecule has 3 heterocycles. The molecule has 160 valence electrons. The van der Waals surface area contributed by atoms with Crippen LogP contribution >= 0.6 is 0 Å². The average Bonchev–Trinajstić information content (AvgIpc) is 2.79. The number of aromatic nitrogens is 2. The molecule has 2 saturated heterocycles. The normalized spacial score (nSPS) is 19.1. The van der Waals surface area contributed by atoms with Crippen LogP contribution in [0, 0.1) is 12.8 Å². The maximum absolute atomic E-state index is 13.0. The zero-order chi connectivity index (χ0) is 21.1. The van der Waals surface area contributed by atoms with Crippen LogP contribution in [-0.4, -0.2) is 72.8 Å². The van der Waals surface area contributed by atoms with E-state index >= 15 is 0 Å². The first-order valence-corrected chi connectivity index (χ1v) is 11.8. The number of hydrogen-bond donors (Lipinski definition) is 0. The van der Waals surface area contributed by atoms with E-state index < -0.39 is 10.0 Å². The highest BCUT2D eigenvalue weighted by Crippen LogP contribution is 2.25. The largest absolute Gasteiger partial charge is 0.356 e. The van der Waals surface area contributed by atoms with E-state index in [1.54, 1.807) is 36.7 Å². The molecule has 0 bridgehead atoms. The molecule has 0 atom stereocenters. The van der Waals surface area contributed by atoms with Gasteiger partial charge < -0.3 is 9.80 Å². The molecule has 0 aliphatic carbocycles. The van der Waals surface area contributed by atoms with E-state index in [4.69, 9.17) is 0 Å². The summed E-state index contributed by atoms with van der Waals surface area (Å²) in [6, 6.07) is 10.4. The van der Waals surface area contributed by atoms with E-state index in [0.29, 0.717) is 31.1 Å². The first kappa shape index (κ1) is 20.7. The van der Waals surface area contributed by atoms with Gasteiger partial charge in [-0.25, -0.2) is 18.4 Å². The van der Waals surface area contributed by atoms with E-state index in [2.05, 4.69) is 14.9 Å². The van der Waals surface area contributed by atoms with Gasteiger partial charge in [0.1, 0.15) is 12.1 Å². The van der Waals surface area contributed by atoms with Gasteiger partial charge in [0.2, 0.25) is 15.9 Å². The predicted octanol–water partition coefficient (Wildman–Crippen LogP) is 1.53. The SMILES string of the molecule is Cc1cc(N2CCC(C(=O)N3CCN(S(=O)(=O)c4ccccc4)CC3)CC2)ncn1. The van der Waals surface area contributed by atoms with Crippen molar-refractivity contribution in [2.45, 2.75) is 24.7 Å². The Morgan fingerprint density at radius 2 is 1.63 bits per heavy atom. The number of carbonyl (C=O) groups excluding carboxylic acids is 1. The van der Waals surface area contributed by atoms with Gasteiger partial charge in [-0.2, -0.15) is 4.31 Å². The highest BCUT2D eigenvalue weighted by molar-refractivity contribution is 7.89. The van der Waals surface area contributed by atoms with Crippen LogP contribution in [0.4, 0.5) is 5.82 Å². The second-order valence-electron chi connectivity index (χ2n) is 7.82. The molecule has 9 heteroatoms. The Hall–Kier alpha value is -2.52.